The van der Waals surface area contributed by atoms with E-state index in [4.69, 9.17) is 0 Å². The van der Waals surface area contributed by atoms with Crippen LogP contribution < -0.4 is 10.9 Å². The molecule has 0 amide bonds. The second-order valence-electron chi connectivity index (χ2n) is 6.68. The third kappa shape index (κ3) is 2.97. The van der Waals surface area contributed by atoms with Crippen LogP contribution in [0.5, 0.6) is 0 Å². The fraction of sp³-hybridized carbons (Fsp3) is 0.0455. The number of halogens is 2. The van der Waals surface area contributed by atoms with Crippen LogP contribution in [-0.4, -0.2) is 14.8 Å². The summed E-state index contributed by atoms with van der Waals surface area (Å²) in [6.45, 7) is 0. The molecule has 1 aliphatic heterocycles. The van der Waals surface area contributed by atoms with Gasteiger partial charge in [0, 0.05) is 16.8 Å². The summed E-state index contributed by atoms with van der Waals surface area (Å²) in [5.41, 5.74) is 2.37. The van der Waals surface area contributed by atoms with Crippen molar-refractivity contribution < 1.29 is 8.78 Å². The van der Waals surface area contributed by atoms with Crippen molar-refractivity contribution in [3.63, 3.8) is 0 Å². The normalized spacial score (nSPS) is 14.6. The summed E-state index contributed by atoms with van der Waals surface area (Å²) >= 11 is 0. The molecule has 5 rings (SSSR count). The zero-order valence-corrected chi connectivity index (χ0v) is 15.0. The highest BCUT2D eigenvalue weighted by Gasteiger charge is 2.28. The van der Waals surface area contributed by atoms with Gasteiger partial charge >= 0.3 is 0 Å². The molecule has 142 valence electrons. The van der Waals surface area contributed by atoms with Crippen LogP contribution in [0.25, 0.3) is 22.6 Å². The summed E-state index contributed by atoms with van der Waals surface area (Å²) in [7, 11) is 0. The summed E-state index contributed by atoms with van der Waals surface area (Å²) in [5.74, 6) is -0.340. The second kappa shape index (κ2) is 6.63. The smallest absolute Gasteiger partial charge is 0.300 e. The van der Waals surface area contributed by atoms with Gasteiger partial charge < -0.3 is 5.32 Å². The first-order chi connectivity index (χ1) is 14.1. The van der Waals surface area contributed by atoms with Gasteiger partial charge in [-0.1, -0.05) is 24.3 Å². The lowest BCUT2D eigenvalue weighted by Crippen LogP contribution is -2.32. The largest absolute Gasteiger partial charge is 0.359 e. The Hall–Kier alpha value is -3.87. The molecule has 0 unspecified atom stereocenters. The Morgan fingerprint density at radius 2 is 1.52 bits per heavy atom. The molecule has 7 heteroatoms. The molecule has 5 nitrogen and oxygen atoms in total. The summed E-state index contributed by atoms with van der Waals surface area (Å²) in [4.78, 5) is 17.0. The van der Waals surface area contributed by atoms with Crippen LogP contribution in [0.2, 0.25) is 0 Å². The highest BCUT2D eigenvalue weighted by atomic mass is 19.1. The summed E-state index contributed by atoms with van der Waals surface area (Å²) < 4.78 is 28.3. The van der Waals surface area contributed by atoms with Crippen LogP contribution >= 0.6 is 0 Å². The predicted octanol–water partition coefficient (Wildman–Crippen LogP) is 4.22. The average molecular weight is 388 g/mol. The Morgan fingerprint density at radius 1 is 0.862 bits per heavy atom. The van der Waals surface area contributed by atoms with Crippen molar-refractivity contribution in [2.24, 2.45) is 0 Å². The highest BCUT2D eigenvalue weighted by Crippen LogP contribution is 2.36. The Morgan fingerprint density at radius 3 is 2.24 bits per heavy atom. The van der Waals surface area contributed by atoms with Crippen LogP contribution in [0.4, 0.5) is 14.5 Å². The standard InChI is InChI=1S/C22H14F2N4O/c23-15-9-5-13(6-10-15)19-22(29)26-21-17-3-1-2-4-18(17)25-20(28(21)27-19)14-7-11-16(24)12-8-14/h1-12,20,25H/t20-/m1/s1. The van der Waals surface area contributed by atoms with E-state index in [0.717, 1.165) is 16.8 Å². The van der Waals surface area contributed by atoms with Crippen molar-refractivity contribution in [2.75, 3.05) is 5.32 Å². The molecule has 4 aromatic rings. The van der Waals surface area contributed by atoms with Gasteiger partial charge in [-0.15, -0.1) is 0 Å². The lowest BCUT2D eigenvalue weighted by Gasteiger charge is -2.30. The summed E-state index contributed by atoms with van der Waals surface area (Å²) in [5, 5.41) is 7.93. The fourth-order valence-electron chi connectivity index (χ4n) is 3.43. The molecule has 1 aliphatic rings. The number of fused-ring (bicyclic) bond motifs is 3. The van der Waals surface area contributed by atoms with E-state index < -0.39 is 17.5 Å². The summed E-state index contributed by atoms with van der Waals surface area (Å²) in [6, 6.07) is 19.0. The van der Waals surface area contributed by atoms with Crippen molar-refractivity contribution in [3.05, 3.63) is 100 Å². The molecule has 0 bridgehead atoms. The van der Waals surface area contributed by atoms with Gasteiger partial charge in [-0.2, -0.15) is 10.1 Å². The first kappa shape index (κ1) is 17.2. The first-order valence-corrected chi connectivity index (χ1v) is 8.98. The van der Waals surface area contributed by atoms with Gasteiger partial charge in [0.25, 0.3) is 5.56 Å². The SMILES string of the molecule is O=c1nc2n(nc1-c1ccc(F)cc1)[C@H](c1ccc(F)cc1)Nc1ccccc1-2. The molecule has 0 aliphatic carbocycles. The van der Waals surface area contributed by atoms with Crippen molar-refractivity contribution >= 4 is 5.69 Å². The maximum absolute atomic E-state index is 13.4. The minimum absolute atomic E-state index is 0.113. The minimum atomic E-state index is -0.502. The van der Waals surface area contributed by atoms with Gasteiger partial charge in [0.2, 0.25) is 0 Å². The van der Waals surface area contributed by atoms with E-state index in [9.17, 15) is 13.6 Å². The number of para-hydroxylation sites is 1. The third-order valence-electron chi connectivity index (χ3n) is 4.84. The zero-order chi connectivity index (χ0) is 20.0. The number of aromatic nitrogens is 3. The topological polar surface area (TPSA) is 59.8 Å². The van der Waals surface area contributed by atoms with E-state index in [1.165, 1.54) is 36.4 Å². The molecule has 0 saturated carbocycles. The van der Waals surface area contributed by atoms with E-state index in [2.05, 4.69) is 15.4 Å². The molecule has 1 N–H and O–H groups in total. The molecule has 1 aromatic heterocycles. The highest BCUT2D eigenvalue weighted by molar-refractivity contribution is 5.76. The van der Waals surface area contributed by atoms with Gasteiger partial charge in [0.15, 0.2) is 11.5 Å². The molecular formula is C22H14F2N4O. The molecule has 0 fully saturated rings. The number of anilines is 1. The molecule has 0 radical (unpaired) electrons. The monoisotopic (exact) mass is 388 g/mol. The number of hydrogen-bond acceptors (Lipinski definition) is 4. The molecule has 0 saturated heterocycles. The average Bonchev–Trinajstić information content (AvgIpc) is 2.74. The molecule has 3 aromatic carbocycles. The van der Waals surface area contributed by atoms with Crippen molar-refractivity contribution in [2.45, 2.75) is 6.17 Å². The van der Waals surface area contributed by atoms with E-state index in [-0.39, 0.29) is 11.5 Å². The number of nitrogens with zero attached hydrogens (tertiary/aromatic N) is 3. The molecule has 29 heavy (non-hydrogen) atoms. The molecular weight excluding hydrogens is 374 g/mol. The van der Waals surface area contributed by atoms with Crippen LogP contribution in [0.3, 0.4) is 0 Å². The van der Waals surface area contributed by atoms with E-state index in [1.807, 2.05) is 24.3 Å². The van der Waals surface area contributed by atoms with Gasteiger partial charge in [-0.3, -0.25) is 4.79 Å². The van der Waals surface area contributed by atoms with Crippen LogP contribution in [0.15, 0.2) is 77.6 Å². The quantitative estimate of drug-likeness (QED) is 0.559. The third-order valence-corrected chi connectivity index (χ3v) is 4.84. The second-order valence-corrected chi connectivity index (χ2v) is 6.68. The van der Waals surface area contributed by atoms with Crippen LogP contribution in [0.1, 0.15) is 11.7 Å². The molecule has 0 spiro atoms. The van der Waals surface area contributed by atoms with Gasteiger partial charge in [0.1, 0.15) is 17.8 Å². The molecule has 1 atom stereocenters. The van der Waals surface area contributed by atoms with Crippen molar-refractivity contribution in [1.82, 2.24) is 14.8 Å². The Labute approximate surface area is 164 Å². The van der Waals surface area contributed by atoms with Gasteiger partial charge in [-0.25, -0.2) is 13.5 Å². The lowest BCUT2D eigenvalue weighted by atomic mass is 10.1. The number of nitrogens with one attached hydrogen (secondary N) is 1. The Bertz CT molecular complexity index is 1270. The molecule has 2 heterocycles. The number of rotatable bonds is 2. The Balaban J connectivity index is 1.74. The van der Waals surface area contributed by atoms with E-state index >= 15 is 0 Å². The van der Waals surface area contributed by atoms with Crippen molar-refractivity contribution in [1.29, 1.82) is 0 Å². The Kier molecular flexibility index (Phi) is 3.94. The fourth-order valence-corrected chi connectivity index (χ4v) is 3.43. The minimum Gasteiger partial charge on any atom is -0.359 e. The van der Waals surface area contributed by atoms with Gasteiger partial charge in [0.05, 0.1) is 0 Å². The van der Waals surface area contributed by atoms with Gasteiger partial charge in [-0.05, 0) is 54.1 Å². The van der Waals surface area contributed by atoms with E-state index in [0.29, 0.717) is 11.4 Å². The zero-order valence-electron chi connectivity index (χ0n) is 15.0. The predicted molar refractivity (Wildman–Crippen MR) is 105 cm³/mol. The first-order valence-electron chi connectivity index (χ1n) is 8.98. The summed E-state index contributed by atoms with van der Waals surface area (Å²) in [6.07, 6.45) is -0.493. The van der Waals surface area contributed by atoms with E-state index in [1.54, 1.807) is 16.8 Å². The number of hydrogen-bond donors (Lipinski definition) is 1. The maximum atomic E-state index is 13.4. The van der Waals surface area contributed by atoms with Crippen LogP contribution in [-0.2, 0) is 0 Å². The van der Waals surface area contributed by atoms with Crippen molar-refractivity contribution in [3.8, 4) is 22.6 Å². The maximum Gasteiger partial charge on any atom is 0.300 e. The number of benzene rings is 3. The lowest BCUT2D eigenvalue weighted by molar-refractivity contribution is 0.547. The van der Waals surface area contributed by atoms with Crippen LogP contribution in [0, 0.1) is 11.6 Å².